The minimum atomic E-state index is -0.202. The van der Waals surface area contributed by atoms with Crippen molar-refractivity contribution in [2.75, 3.05) is 0 Å². The molecule has 0 bridgehead atoms. The van der Waals surface area contributed by atoms with E-state index in [1.807, 2.05) is 0 Å². The molecule has 0 amide bonds. The fraction of sp³-hybridized carbons (Fsp3) is 0.647. The second-order valence-electron chi connectivity index (χ2n) is 5.69. The largest absolute Gasteiger partial charge is 0.490 e. The van der Waals surface area contributed by atoms with E-state index in [4.69, 9.17) is 4.74 Å². The SMILES string of the molecule is CCCc1ccc(OC2CC(O)C2(CC)CC)cc1. The third-order valence-corrected chi connectivity index (χ3v) is 4.80. The summed E-state index contributed by atoms with van der Waals surface area (Å²) in [5.41, 5.74) is 1.32. The van der Waals surface area contributed by atoms with Gasteiger partial charge in [0.15, 0.2) is 0 Å². The maximum absolute atomic E-state index is 10.0. The van der Waals surface area contributed by atoms with Crippen LogP contribution in [0.2, 0.25) is 0 Å². The van der Waals surface area contributed by atoms with Crippen LogP contribution in [0.4, 0.5) is 0 Å². The molecule has 2 unspecified atom stereocenters. The number of aryl methyl sites for hydroxylation is 1. The molecule has 2 rings (SSSR count). The van der Waals surface area contributed by atoms with Crippen LogP contribution in [0, 0.1) is 5.41 Å². The van der Waals surface area contributed by atoms with Gasteiger partial charge in [-0.3, -0.25) is 0 Å². The van der Waals surface area contributed by atoms with Gasteiger partial charge < -0.3 is 9.84 Å². The summed E-state index contributed by atoms with van der Waals surface area (Å²) in [6.45, 7) is 6.48. The van der Waals surface area contributed by atoms with Crippen LogP contribution in [-0.2, 0) is 6.42 Å². The molecule has 0 spiro atoms. The van der Waals surface area contributed by atoms with Crippen molar-refractivity contribution in [3.8, 4) is 5.75 Å². The standard InChI is InChI=1S/C17H26O2/c1-4-7-13-8-10-14(11-9-13)19-16-12-15(18)17(16,5-2)6-3/h8-11,15-16,18H,4-7,12H2,1-3H3. The molecule has 0 aromatic heterocycles. The van der Waals surface area contributed by atoms with Gasteiger partial charge in [0, 0.05) is 11.8 Å². The van der Waals surface area contributed by atoms with Gasteiger partial charge in [-0.25, -0.2) is 0 Å². The number of aliphatic hydroxyl groups excluding tert-OH is 1. The summed E-state index contributed by atoms with van der Waals surface area (Å²) in [6, 6.07) is 8.42. The predicted molar refractivity (Wildman–Crippen MR) is 78.5 cm³/mol. The minimum absolute atomic E-state index is 0.0396. The molecule has 0 radical (unpaired) electrons. The average Bonchev–Trinajstić information content (AvgIpc) is 2.42. The molecule has 19 heavy (non-hydrogen) atoms. The van der Waals surface area contributed by atoms with E-state index in [0.717, 1.165) is 31.4 Å². The first kappa shape index (κ1) is 14.4. The van der Waals surface area contributed by atoms with E-state index < -0.39 is 0 Å². The van der Waals surface area contributed by atoms with Crippen molar-refractivity contribution >= 4 is 0 Å². The van der Waals surface area contributed by atoms with E-state index in [-0.39, 0.29) is 17.6 Å². The molecule has 1 N–H and O–H groups in total. The van der Waals surface area contributed by atoms with Crippen LogP contribution in [0.5, 0.6) is 5.75 Å². The monoisotopic (exact) mass is 262 g/mol. The summed E-state index contributed by atoms with van der Waals surface area (Å²) >= 11 is 0. The molecule has 1 saturated carbocycles. The number of ether oxygens (including phenoxy) is 1. The quantitative estimate of drug-likeness (QED) is 0.841. The van der Waals surface area contributed by atoms with Crippen LogP contribution in [0.3, 0.4) is 0 Å². The van der Waals surface area contributed by atoms with Crippen molar-refractivity contribution in [1.82, 2.24) is 0 Å². The lowest BCUT2D eigenvalue weighted by molar-refractivity contribution is -0.159. The first-order valence-electron chi connectivity index (χ1n) is 7.60. The number of hydrogen-bond acceptors (Lipinski definition) is 2. The van der Waals surface area contributed by atoms with Crippen molar-refractivity contribution in [3.63, 3.8) is 0 Å². The third-order valence-electron chi connectivity index (χ3n) is 4.80. The molecular weight excluding hydrogens is 236 g/mol. The highest BCUT2D eigenvalue weighted by Crippen LogP contribution is 2.48. The highest BCUT2D eigenvalue weighted by Gasteiger charge is 2.53. The Kier molecular flexibility index (Phi) is 4.51. The van der Waals surface area contributed by atoms with Crippen LogP contribution >= 0.6 is 0 Å². The fourth-order valence-corrected chi connectivity index (χ4v) is 3.26. The Hall–Kier alpha value is -1.02. The minimum Gasteiger partial charge on any atom is -0.490 e. The van der Waals surface area contributed by atoms with Crippen molar-refractivity contribution in [3.05, 3.63) is 29.8 Å². The molecule has 1 aliphatic rings. The number of aliphatic hydroxyl groups is 1. The molecule has 0 saturated heterocycles. The van der Waals surface area contributed by atoms with Crippen molar-refractivity contribution in [1.29, 1.82) is 0 Å². The van der Waals surface area contributed by atoms with E-state index in [1.165, 1.54) is 12.0 Å². The van der Waals surface area contributed by atoms with Crippen LogP contribution < -0.4 is 4.74 Å². The van der Waals surface area contributed by atoms with Gasteiger partial charge in [-0.1, -0.05) is 39.3 Å². The Labute approximate surface area is 116 Å². The van der Waals surface area contributed by atoms with Crippen LogP contribution in [0.1, 0.15) is 52.0 Å². The zero-order chi connectivity index (χ0) is 13.9. The number of hydrogen-bond donors (Lipinski definition) is 1. The lowest BCUT2D eigenvalue weighted by atomic mass is 9.60. The molecule has 1 fully saturated rings. The molecule has 0 aliphatic heterocycles. The van der Waals surface area contributed by atoms with Gasteiger partial charge in [0.2, 0.25) is 0 Å². The van der Waals surface area contributed by atoms with Gasteiger partial charge in [-0.2, -0.15) is 0 Å². The molecule has 106 valence electrons. The average molecular weight is 262 g/mol. The summed E-state index contributed by atoms with van der Waals surface area (Å²) in [5, 5.41) is 10.0. The van der Waals surface area contributed by atoms with E-state index in [0.29, 0.717) is 0 Å². The van der Waals surface area contributed by atoms with Gasteiger partial charge in [0.1, 0.15) is 11.9 Å². The predicted octanol–water partition coefficient (Wildman–Crippen LogP) is 3.96. The van der Waals surface area contributed by atoms with E-state index in [9.17, 15) is 5.11 Å². The van der Waals surface area contributed by atoms with E-state index in [2.05, 4.69) is 45.0 Å². The molecule has 1 aliphatic carbocycles. The Bertz CT molecular complexity index is 392. The molecule has 1 aromatic rings. The second kappa shape index (κ2) is 5.96. The molecule has 2 atom stereocenters. The summed E-state index contributed by atoms with van der Waals surface area (Å²) in [5.74, 6) is 0.933. The molecule has 0 heterocycles. The summed E-state index contributed by atoms with van der Waals surface area (Å²) in [4.78, 5) is 0. The van der Waals surface area contributed by atoms with Gasteiger partial charge >= 0.3 is 0 Å². The fourth-order valence-electron chi connectivity index (χ4n) is 3.26. The normalized spacial score (nSPS) is 24.8. The van der Waals surface area contributed by atoms with Crippen LogP contribution in [0.15, 0.2) is 24.3 Å². The molecular formula is C17H26O2. The lowest BCUT2D eigenvalue weighted by Crippen LogP contribution is -2.59. The van der Waals surface area contributed by atoms with E-state index >= 15 is 0 Å². The summed E-state index contributed by atoms with van der Waals surface area (Å²) < 4.78 is 6.09. The maximum atomic E-state index is 10.0. The zero-order valence-electron chi connectivity index (χ0n) is 12.4. The zero-order valence-corrected chi connectivity index (χ0v) is 12.4. The first-order valence-corrected chi connectivity index (χ1v) is 7.60. The Morgan fingerprint density at radius 2 is 1.79 bits per heavy atom. The highest BCUT2D eigenvalue weighted by molar-refractivity contribution is 5.28. The van der Waals surface area contributed by atoms with E-state index in [1.54, 1.807) is 0 Å². The molecule has 2 heteroatoms. The van der Waals surface area contributed by atoms with Crippen LogP contribution in [-0.4, -0.2) is 17.3 Å². The lowest BCUT2D eigenvalue weighted by Gasteiger charge is -2.52. The Balaban J connectivity index is 2.01. The Morgan fingerprint density at radius 1 is 1.16 bits per heavy atom. The highest BCUT2D eigenvalue weighted by atomic mass is 16.5. The third kappa shape index (κ3) is 2.64. The topological polar surface area (TPSA) is 29.5 Å². The van der Waals surface area contributed by atoms with Gasteiger partial charge in [-0.05, 0) is 37.0 Å². The molecule has 1 aromatic carbocycles. The second-order valence-corrected chi connectivity index (χ2v) is 5.69. The number of rotatable bonds is 6. The maximum Gasteiger partial charge on any atom is 0.119 e. The van der Waals surface area contributed by atoms with Gasteiger partial charge in [-0.15, -0.1) is 0 Å². The van der Waals surface area contributed by atoms with Crippen molar-refractivity contribution < 1.29 is 9.84 Å². The van der Waals surface area contributed by atoms with Crippen molar-refractivity contribution in [2.24, 2.45) is 5.41 Å². The summed E-state index contributed by atoms with van der Waals surface area (Å²) in [6.07, 6.45) is 4.96. The Morgan fingerprint density at radius 3 is 2.26 bits per heavy atom. The van der Waals surface area contributed by atoms with Crippen LogP contribution in [0.25, 0.3) is 0 Å². The smallest absolute Gasteiger partial charge is 0.119 e. The van der Waals surface area contributed by atoms with Crippen molar-refractivity contribution in [2.45, 2.75) is 65.1 Å². The van der Waals surface area contributed by atoms with Gasteiger partial charge in [0.05, 0.1) is 6.10 Å². The number of benzene rings is 1. The summed E-state index contributed by atoms with van der Waals surface area (Å²) in [7, 11) is 0. The van der Waals surface area contributed by atoms with Gasteiger partial charge in [0.25, 0.3) is 0 Å². The molecule has 2 nitrogen and oxygen atoms in total. The first-order chi connectivity index (χ1) is 9.16.